The Labute approximate surface area is 80.6 Å². The van der Waals surface area contributed by atoms with Crippen molar-refractivity contribution in [2.45, 2.75) is 39.7 Å². The third-order valence-electron chi connectivity index (χ3n) is 2.46. The van der Waals surface area contributed by atoms with Crippen LogP contribution in [0.4, 0.5) is 0 Å². The molecule has 0 aliphatic heterocycles. The maximum atomic E-state index is 8.46. The van der Waals surface area contributed by atoms with Gasteiger partial charge in [-0.15, -0.1) is 0 Å². The Balaban J connectivity index is 2.57. The topological polar surface area (TPSA) is 35.8 Å². The fourth-order valence-corrected chi connectivity index (χ4v) is 2.19. The molecule has 1 atom stereocenters. The molecule has 0 saturated carbocycles. The Morgan fingerprint density at radius 2 is 2.38 bits per heavy atom. The molecular weight excluding hydrogens is 160 g/mol. The molecule has 1 rings (SSSR count). The number of rotatable bonds is 2. The quantitative estimate of drug-likeness (QED) is 0.520. The molecule has 2 nitrogen and oxygen atoms in total. The van der Waals surface area contributed by atoms with E-state index in [-0.39, 0.29) is 0 Å². The summed E-state index contributed by atoms with van der Waals surface area (Å²) in [5, 5.41) is 11.7. The average Bonchev–Trinajstić information content (AvgIpc) is 1.97. The first kappa shape index (κ1) is 10.3. The van der Waals surface area contributed by atoms with Crippen LogP contribution >= 0.6 is 0 Å². The SMILES string of the molecule is CC1=CC(NCC#N)CC(C)(C)C1. The molecular formula is C11H18N2. The Bertz CT molecular complexity index is 245. The van der Waals surface area contributed by atoms with E-state index in [1.54, 1.807) is 0 Å². The molecule has 0 aromatic heterocycles. The van der Waals surface area contributed by atoms with Crippen molar-refractivity contribution in [3.8, 4) is 6.07 Å². The molecule has 0 saturated heterocycles. The summed E-state index contributed by atoms with van der Waals surface area (Å²) in [4.78, 5) is 0. The normalized spacial score (nSPS) is 26.3. The van der Waals surface area contributed by atoms with Gasteiger partial charge in [0, 0.05) is 6.04 Å². The third-order valence-corrected chi connectivity index (χ3v) is 2.46. The summed E-state index contributed by atoms with van der Waals surface area (Å²) >= 11 is 0. The summed E-state index contributed by atoms with van der Waals surface area (Å²) < 4.78 is 0. The lowest BCUT2D eigenvalue weighted by Crippen LogP contribution is -2.35. The summed E-state index contributed by atoms with van der Waals surface area (Å²) in [6, 6.07) is 2.51. The Hall–Kier alpha value is -0.810. The van der Waals surface area contributed by atoms with E-state index in [0.717, 1.165) is 6.42 Å². The van der Waals surface area contributed by atoms with E-state index in [1.165, 1.54) is 12.0 Å². The van der Waals surface area contributed by atoms with Crippen molar-refractivity contribution in [1.82, 2.24) is 5.32 Å². The molecule has 1 unspecified atom stereocenters. The van der Waals surface area contributed by atoms with Crippen molar-refractivity contribution in [3.63, 3.8) is 0 Å². The van der Waals surface area contributed by atoms with Gasteiger partial charge in [-0.25, -0.2) is 0 Å². The van der Waals surface area contributed by atoms with Crippen molar-refractivity contribution < 1.29 is 0 Å². The Morgan fingerprint density at radius 1 is 1.69 bits per heavy atom. The van der Waals surface area contributed by atoms with Gasteiger partial charge in [0.15, 0.2) is 0 Å². The van der Waals surface area contributed by atoms with Crippen molar-refractivity contribution in [1.29, 1.82) is 5.26 Å². The van der Waals surface area contributed by atoms with Gasteiger partial charge >= 0.3 is 0 Å². The Kier molecular flexibility index (Phi) is 3.11. The first-order chi connectivity index (χ1) is 6.03. The molecule has 0 bridgehead atoms. The van der Waals surface area contributed by atoms with Gasteiger partial charge in [0.05, 0.1) is 12.6 Å². The zero-order chi connectivity index (χ0) is 9.90. The fraction of sp³-hybridized carbons (Fsp3) is 0.727. The highest BCUT2D eigenvalue weighted by molar-refractivity contribution is 5.12. The summed E-state index contributed by atoms with van der Waals surface area (Å²) in [7, 11) is 0. The number of nitriles is 1. The van der Waals surface area contributed by atoms with E-state index >= 15 is 0 Å². The lowest BCUT2D eigenvalue weighted by atomic mass is 9.76. The molecule has 1 aliphatic rings. The predicted octanol–water partition coefficient (Wildman–Crippen LogP) is 2.23. The molecule has 72 valence electrons. The van der Waals surface area contributed by atoms with Crippen molar-refractivity contribution in [2.75, 3.05) is 6.54 Å². The van der Waals surface area contributed by atoms with Crippen LogP contribution in [-0.2, 0) is 0 Å². The molecule has 0 fully saturated rings. The monoisotopic (exact) mass is 178 g/mol. The van der Waals surface area contributed by atoms with Gasteiger partial charge in [-0.3, -0.25) is 5.32 Å². The minimum absolute atomic E-state index is 0.381. The summed E-state index contributed by atoms with van der Waals surface area (Å²) in [5.74, 6) is 0. The number of nitrogens with one attached hydrogen (secondary N) is 1. The van der Waals surface area contributed by atoms with Crippen molar-refractivity contribution >= 4 is 0 Å². The molecule has 1 N–H and O–H groups in total. The van der Waals surface area contributed by atoms with Gasteiger partial charge in [0.1, 0.15) is 0 Å². The fourth-order valence-electron chi connectivity index (χ4n) is 2.19. The van der Waals surface area contributed by atoms with Gasteiger partial charge in [-0.1, -0.05) is 25.5 Å². The van der Waals surface area contributed by atoms with Gasteiger partial charge < -0.3 is 0 Å². The van der Waals surface area contributed by atoms with Crippen LogP contribution in [0.5, 0.6) is 0 Å². The maximum Gasteiger partial charge on any atom is 0.0845 e. The molecule has 2 heteroatoms. The second-order valence-electron chi connectivity index (χ2n) is 4.70. The first-order valence-corrected chi connectivity index (χ1v) is 4.81. The van der Waals surface area contributed by atoms with Crippen LogP contribution < -0.4 is 5.32 Å². The van der Waals surface area contributed by atoms with Crippen molar-refractivity contribution in [2.24, 2.45) is 5.41 Å². The van der Waals surface area contributed by atoms with E-state index in [2.05, 4.69) is 38.2 Å². The standard InChI is InChI=1S/C11H18N2/c1-9-6-10(13-5-4-12)8-11(2,3)7-9/h6,10,13H,5,7-8H2,1-3H3. The highest BCUT2D eigenvalue weighted by Gasteiger charge is 2.26. The summed E-state index contributed by atoms with van der Waals surface area (Å²) in [6.45, 7) is 7.18. The van der Waals surface area contributed by atoms with Crippen LogP contribution in [0.25, 0.3) is 0 Å². The molecule has 0 heterocycles. The number of hydrogen-bond donors (Lipinski definition) is 1. The second kappa shape index (κ2) is 3.93. The second-order valence-corrected chi connectivity index (χ2v) is 4.70. The van der Waals surface area contributed by atoms with E-state index in [0.29, 0.717) is 18.0 Å². The van der Waals surface area contributed by atoms with Crippen LogP contribution in [0.2, 0.25) is 0 Å². The summed E-state index contributed by atoms with van der Waals surface area (Å²) in [6.07, 6.45) is 4.56. The minimum Gasteiger partial charge on any atom is -0.298 e. The van der Waals surface area contributed by atoms with Crippen LogP contribution in [0.1, 0.15) is 33.6 Å². The number of hydrogen-bond acceptors (Lipinski definition) is 2. The lowest BCUT2D eigenvalue weighted by Gasteiger charge is -2.33. The molecule has 0 spiro atoms. The smallest absolute Gasteiger partial charge is 0.0845 e. The van der Waals surface area contributed by atoms with Crippen molar-refractivity contribution in [3.05, 3.63) is 11.6 Å². The van der Waals surface area contributed by atoms with Gasteiger partial charge in [-0.05, 0) is 25.2 Å². The van der Waals surface area contributed by atoms with E-state index in [1.807, 2.05) is 0 Å². The molecule has 0 aromatic rings. The Morgan fingerprint density at radius 3 is 2.92 bits per heavy atom. The van der Waals surface area contributed by atoms with Crippen LogP contribution in [0.15, 0.2) is 11.6 Å². The molecule has 0 aromatic carbocycles. The highest BCUT2D eigenvalue weighted by atomic mass is 14.9. The van der Waals surface area contributed by atoms with E-state index in [4.69, 9.17) is 5.26 Å². The predicted molar refractivity (Wildman–Crippen MR) is 54.2 cm³/mol. The summed E-state index contributed by atoms with van der Waals surface area (Å²) in [5.41, 5.74) is 1.82. The number of allylic oxidation sites excluding steroid dienone is 1. The van der Waals surface area contributed by atoms with E-state index < -0.39 is 0 Å². The first-order valence-electron chi connectivity index (χ1n) is 4.81. The zero-order valence-corrected chi connectivity index (χ0v) is 8.72. The lowest BCUT2D eigenvalue weighted by molar-refractivity contribution is 0.285. The largest absolute Gasteiger partial charge is 0.298 e. The van der Waals surface area contributed by atoms with Gasteiger partial charge in [0.2, 0.25) is 0 Å². The number of nitrogens with zero attached hydrogens (tertiary/aromatic N) is 1. The minimum atomic E-state index is 0.381. The molecule has 0 radical (unpaired) electrons. The zero-order valence-electron chi connectivity index (χ0n) is 8.72. The van der Waals surface area contributed by atoms with E-state index in [9.17, 15) is 0 Å². The molecule has 0 amide bonds. The van der Waals surface area contributed by atoms with Crippen LogP contribution in [-0.4, -0.2) is 12.6 Å². The molecule has 13 heavy (non-hydrogen) atoms. The van der Waals surface area contributed by atoms with Crippen LogP contribution in [0.3, 0.4) is 0 Å². The highest BCUT2D eigenvalue weighted by Crippen LogP contribution is 2.34. The van der Waals surface area contributed by atoms with Crippen LogP contribution in [0, 0.1) is 16.7 Å². The maximum absolute atomic E-state index is 8.46. The average molecular weight is 178 g/mol. The molecule has 1 aliphatic carbocycles. The van der Waals surface area contributed by atoms with Gasteiger partial charge in [-0.2, -0.15) is 5.26 Å². The van der Waals surface area contributed by atoms with Gasteiger partial charge in [0.25, 0.3) is 0 Å². The third kappa shape index (κ3) is 3.20.